The molecule has 1 aliphatic heterocycles. The molecule has 1 atom stereocenters. The average Bonchev–Trinajstić information content (AvgIpc) is 3.14. The van der Waals surface area contributed by atoms with Crippen molar-refractivity contribution in [3.8, 4) is 5.75 Å². The molecule has 0 aliphatic carbocycles. The van der Waals surface area contributed by atoms with E-state index in [4.69, 9.17) is 51.1 Å². The number of Topliss-reactive ketones (excluding diaryl/α,β-unsaturated/α-hetero) is 1. The molecule has 7 nitrogen and oxygen atoms in total. The largest absolute Gasteiger partial charge is 0.508 e. The first-order valence-electron chi connectivity index (χ1n) is 10.5. The van der Waals surface area contributed by atoms with Gasteiger partial charge in [0.25, 0.3) is 11.8 Å². The third-order valence-corrected chi connectivity index (χ3v) is 7.92. The first kappa shape index (κ1) is 27.4. The number of aromatic hydroxyl groups is 1. The summed E-state index contributed by atoms with van der Waals surface area (Å²) in [6.07, 6.45) is -0.187. The molecule has 3 aromatic carbocycles. The number of phenols is 1. The van der Waals surface area contributed by atoms with Gasteiger partial charge in [-0.15, -0.1) is 0 Å². The number of phenolic OH excluding ortho intramolecular Hbond substituents is 1. The van der Waals surface area contributed by atoms with Crippen molar-refractivity contribution in [2.75, 3.05) is 6.61 Å². The van der Waals surface area contributed by atoms with E-state index in [0.717, 1.165) is 4.47 Å². The van der Waals surface area contributed by atoms with E-state index in [2.05, 4.69) is 15.9 Å². The van der Waals surface area contributed by atoms with Crippen molar-refractivity contribution >= 4 is 85.9 Å². The number of halogens is 5. The lowest BCUT2D eigenvalue weighted by molar-refractivity contribution is -0.147. The Morgan fingerprint density at radius 3 is 1.86 bits per heavy atom. The molecule has 1 N–H and O–H groups in total. The first-order chi connectivity index (χ1) is 17.5. The normalized spacial score (nSPS) is 13.5. The molecular weight excluding hydrogens is 632 g/mol. The second-order valence-electron chi connectivity index (χ2n) is 7.91. The number of carbonyl (C=O) groups excluding carboxylic acids is 4. The lowest BCUT2D eigenvalue weighted by atomic mass is 10.0. The molecule has 0 aromatic heterocycles. The molecule has 2 amide bonds. The van der Waals surface area contributed by atoms with E-state index in [1.807, 2.05) is 0 Å². The van der Waals surface area contributed by atoms with Crippen molar-refractivity contribution in [2.45, 2.75) is 12.5 Å². The Kier molecular flexibility index (Phi) is 8.16. The minimum absolute atomic E-state index is 0.0217. The maximum Gasteiger partial charge on any atom is 0.330 e. The number of ether oxygens (including phenoxy) is 1. The van der Waals surface area contributed by atoms with Crippen molar-refractivity contribution in [3.05, 3.63) is 95.3 Å². The molecule has 0 radical (unpaired) electrons. The highest BCUT2D eigenvalue weighted by atomic mass is 79.9. The van der Waals surface area contributed by atoms with Gasteiger partial charge >= 0.3 is 5.97 Å². The summed E-state index contributed by atoms with van der Waals surface area (Å²) in [5, 5.41) is 8.60. The van der Waals surface area contributed by atoms with Crippen LogP contribution in [0.25, 0.3) is 0 Å². The SMILES string of the molecule is O=C(COC(=O)C(Cc1ccc(O)cc1)N1C(=O)c2c(Cl)c(Cl)c(Cl)c(Cl)c2C1=O)c1ccc(Br)cc1. The number of esters is 1. The topological polar surface area (TPSA) is 101 Å². The van der Waals surface area contributed by atoms with Gasteiger partial charge in [0.1, 0.15) is 11.8 Å². The summed E-state index contributed by atoms with van der Waals surface area (Å²) >= 11 is 27.9. The maximum absolute atomic E-state index is 13.4. The minimum atomic E-state index is -1.50. The smallest absolute Gasteiger partial charge is 0.330 e. The number of amides is 2. The number of rotatable bonds is 7. The molecule has 190 valence electrons. The highest BCUT2D eigenvalue weighted by Crippen LogP contribution is 2.45. The van der Waals surface area contributed by atoms with Crippen LogP contribution in [0, 0.1) is 0 Å². The van der Waals surface area contributed by atoms with Gasteiger partial charge in [-0.2, -0.15) is 0 Å². The summed E-state index contributed by atoms with van der Waals surface area (Å²) in [4.78, 5) is 53.2. The van der Waals surface area contributed by atoms with Crippen molar-refractivity contribution in [2.24, 2.45) is 0 Å². The van der Waals surface area contributed by atoms with E-state index >= 15 is 0 Å². The molecule has 0 saturated heterocycles. The average molecular weight is 646 g/mol. The Balaban J connectivity index is 1.67. The number of hydrogen-bond donors (Lipinski definition) is 1. The lowest BCUT2D eigenvalue weighted by Crippen LogP contribution is -2.47. The van der Waals surface area contributed by atoms with Gasteiger partial charge in [-0.25, -0.2) is 4.79 Å². The Labute approximate surface area is 238 Å². The van der Waals surface area contributed by atoms with Crippen LogP contribution in [0.2, 0.25) is 20.1 Å². The van der Waals surface area contributed by atoms with Gasteiger partial charge in [0.2, 0.25) is 0 Å². The second-order valence-corrected chi connectivity index (χ2v) is 10.3. The van der Waals surface area contributed by atoms with Gasteiger partial charge < -0.3 is 9.84 Å². The summed E-state index contributed by atoms with van der Waals surface area (Å²) in [5.41, 5.74) is 0.208. The molecular formula is C25H14BrCl4NO6. The van der Waals surface area contributed by atoms with Gasteiger partial charge in [0, 0.05) is 16.5 Å². The molecule has 1 unspecified atom stereocenters. The number of carbonyl (C=O) groups is 4. The highest BCUT2D eigenvalue weighted by molar-refractivity contribution is 9.10. The van der Waals surface area contributed by atoms with Crippen LogP contribution in [0.15, 0.2) is 53.0 Å². The van der Waals surface area contributed by atoms with Crippen LogP contribution < -0.4 is 0 Å². The van der Waals surface area contributed by atoms with Gasteiger partial charge in [0.15, 0.2) is 12.4 Å². The molecule has 4 rings (SSSR count). The Morgan fingerprint density at radius 1 is 0.838 bits per heavy atom. The van der Waals surface area contributed by atoms with Crippen LogP contribution >= 0.6 is 62.3 Å². The lowest BCUT2D eigenvalue weighted by Gasteiger charge is -2.24. The van der Waals surface area contributed by atoms with Crippen molar-refractivity contribution in [3.63, 3.8) is 0 Å². The van der Waals surface area contributed by atoms with Crippen LogP contribution in [0.1, 0.15) is 36.6 Å². The fraction of sp³-hybridized carbons (Fsp3) is 0.120. The van der Waals surface area contributed by atoms with E-state index in [-0.39, 0.29) is 43.4 Å². The molecule has 12 heteroatoms. The monoisotopic (exact) mass is 643 g/mol. The summed E-state index contributed by atoms with van der Waals surface area (Å²) in [6, 6.07) is 10.7. The first-order valence-corrected chi connectivity index (χ1v) is 12.8. The number of fused-ring (bicyclic) bond motifs is 1. The third-order valence-electron chi connectivity index (χ3n) is 5.59. The maximum atomic E-state index is 13.4. The van der Waals surface area contributed by atoms with E-state index in [1.165, 1.54) is 24.3 Å². The minimum Gasteiger partial charge on any atom is -0.508 e. The molecule has 0 spiro atoms. The zero-order valence-electron chi connectivity index (χ0n) is 18.4. The molecule has 1 aliphatic rings. The van der Waals surface area contributed by atoms with Gasteiger partial charge in [-0.3, -0.25) is 19.3 Å². The van der Waals surface area contributed by atoms with Crippen LogP contribution in [-0.4, -0.2) is 46.2 Å². The number of ketones is 1. The summed E-state index contributed by atoms with van der Waals surface area (Å²) in [7, 11) is 0. The predicted octanol–water partition coefficient (Wildman–Crippen LogP) is 6.40. The van der Waals surface area contributed by atoms with Gasteiger partial charge in [-0.05, 0) is 29.8 Å². The predicted molar refractivity (Wildman–Crippen MR) is 142 cm³/mol. The van der Waals surface area contributed by atoms with Gasteiger partial charge in [-0.1, -0.05) is 86.6 Å². The molecule has 0 bridgehead atoms. The molecule has 37 heavy (non-hydrogen) atoms. The molecule has 0 fully saturated rings. The standard InChI is InChI=1S/C25H14BrCl4NO6/c26-13-5-3-12(4-6-13)16(33)10-37-25(36)15(9-11-1-7-14(32)8-2-11)31-23(34)17-18(24(31)35)20(28)22(30)21(29)19(17)27/h1-8,15,32H,9-10H2. The van der Waals surface area contributed by atoms with Crippen molar-refractivity contribution < 1.29 is 29.0 Å². The Morgan fingerprint density at radius 2 is 1.35 bits per heavy atom. The molecule has 1 heterocycles. The van der Waals surface area contributed by atoms with Gasteiger partial charge in [0.05, 0.1) is 31.2 Å². The van der Waals surface area contributed by atoms with E-state index in [9.17, 15) is 24.3 Å². The zero-order chi connectivity index (χ0) is 27.0. The van der Waals surface area contributed by atoms with Crippen LogP contribution in [-0.2, 0) is 16.0 Å². The molecule has 0 saturated carbocycles. The second kappa shape index (κ2) is 11.0. The molecule has 3 aromatic rings. The van der Waals surface area contributed by atoms with Crippen molar-refractivity contribution in [1.82, 2.24) is 4.90 Å². The number of nitrogens with zero attached hydrogens (tertiary/aromatic N) is 1. The van der Waals surface area contributed by atoms with E-state index in [1.54, 1.807) is 24.3 Å². The fourth-order valence-electron chi connectivity index (χ4n) is 3.74. The van der Waals surface area contributed by atoms with E-state index < -0.39 is 36.2 Å². The quantitative estimate of drug-likeness (QED) is 0.105. The van der Waals surface area contributed by atoms with Crippen LogP contribution in [0.5, 0.6) is 5.75 Å². The Hall–Kier alpha value is -2.62. The zero-order valence-corrected chi connectivity index (χ0v) is 23.0. The number of imide groups is 1. The summed E-state index contributed by atoms with van der Waals surface area (Å²) in [5.74, 6) is -3.38. The van der Waals surface area contributed by atoms with Crippen LogP contribution in [0.3, 0.4) is 0 Å². The summed E-state index contributed by atoms with van der Waals surface area (Å²) in [6.45, 7) is -0.630. The highest BCUT2D eigenvalue weighted by Gasteiger charge is 2.47. The number of benzene rings is 3. The van der Waals surface area contributed by atoms with Crippen molar-refractivity contribution in [1.29, 1.82) is 0 Å². The van der Waals surface area contributed by atoms with Crippen LogP contribution in [0.4, 0.5) is 0 Å². The number of hydrogen-bond acceptors (Lipinski definition) is 6. The third kappa shape index (κ3) is 5.35. The Bertz CT molecular complexity index is 1400. The van der Waals surface area contributed by atoms with E-state index in [0.29, 0.717) is 16.0 Å². The fourth-order valence-corrected chi connectivity index (χ4v) is 5.02. The summed E-state index contributed by atoms with van der Waals surface area (Å²) < 4.78 is 6.01.